The number of hydrogen-bond donors (Lipinski definition) is 1. The number of non-ortho nitro benzene ring substituents is 1. The number of methoxy groups -OCH3 is 1. The molecule has 2 rings (SSSR count). The van der Waals surface area contributed by atoms with Gasteiger partial charge < -0.3 is 14.8 Å². The number of amides is 1. The van der Waals surface area contributed by atoms with Crippen molar-refractivity contribution in [2.75, 3.05) is 19.0 Å². The molecule has 1 amide bonds. The molecule has 0 saturated heterocycles. The van der Waals surface area contributed by atoms with E-state index in [1.165, 1.54) is 31.4 Å². The number of carbonyl (C=O) groups is 1. The number of anilines is 1. The summed E-state index contributed by atoms with van der Waals surface area (Å²) in [6.07, 6.45) is 3.03. The molecule has 0 heterocycles. The zero-order chi connectivity index (χ0) is 18.2. The lowest BCUT2D eigenvalue weighted by Crippen LogP contribution is -2.09. The van der Waals surface area contributed by atoms with Crippen molar-refractivity contribution in [3.63, 3.8) is 0 Å². The van der Waals surface area contributed by atoms with Crippen LogP contribution in [-0.4, -0.2) is 24.5 Å². The molecule has 0 bridgehead atoms. The van der Waals surface area contributed by atoms with Gasteiger partial charge in [-0.2, -0.15) is 0 Å². The van der Waals surface area contributed by atoms with Gasteiger partial charge in [-0.25, -0.2) is 0 Å². The lowest BCUT2D eigenvalue weighted by Gasteiger charge is -2.08. The van der Waals surface area contributed by atoms with Crippen LogP contribution in [0.2, 0.25) is 0 Å². The predicted octanol–water partition coefficient (Wildman–Crippen LogP) is 3.65. The van der Waals surface area contributed by atoms with E-state index in [0.29, 0.717) is 12.3 Å². The standard InChI is InChI=1S/C18H18N2O5/c1-3-25-15-8-4-13(5-9-15)6-11-18(21)19-16-10-7-14(20(22)23)12-17(16)24-2/h4-12H,3H2,1-2H3,(H,19,21). The molecule has 0 aliphatic rings. The van der Waals surface area contributed by atoms with Crippen LogP contribution in [0.25, 0.3) is 6.08 Å². The second-order valence-corrected chi connectivity index (χ2v) is 4.97. The van der Waals surface area contributed by atoms with Gasteiger partial charge in [-0.15, -0.1) is 0 Å². The summed E-state index contributed by atoms with van der Waals surface area (Å²) < 4.78 is 10.4. The van der Waals surface area contributed by atoms with E-state index in [2.05, 4.69) is 5.32 Å². The Kier molecular flexibility index (Phi) is 6.11. The Morgan fingerprint density at radius 1 is 1.24 bits per heavy atom. The minimum absolute atomic E-state index is 0.111. The summed E-state index contributed by atoms with van der Waals surface area (Å²) in [7, 11) is 1.38. The van der Waals surface area contributed by atoms with E-state index >= 15 is 0 Å². The first kappa shape index (κ1) is 18.0. The molecule has 0 atom stereocenters. The van der Waals surface area contributed by atoms with Crippen LogP contribution in [0.4, 0.5) is 11.4 Å². The molecule has 7 nitrogen and oxygen atoms in total. The molecule has 0 aliphatic carbocycles. The fourth-order valence-corrected chi connectivity index (χ4v) is 2.08. The van der Waals surface area contributed by atoms with Crippen molar-refractivity contribution in [3.8, 4) is 11.5 Å². The van der Waals surface area contributed by atoms with Gasteiger partial charge in [-0.05, 0) is 36.8 Å². The number of carbonyl (C=O) groups excluding carboxylic acids is 1. The van der Waals surface area contributed by atoms with Crippen LogP contribution in [0.5, 0.6) is 11.5 Å². The molecule has 0 unspecified atom stereocenters. The average Bonchev–Trinajstić information content (AvgIpc) is 2.61. The molecular weight excluding hydrogens is 324 g/mol. The number of ether oxygens (including phenoxy) is 2. The van der Waals surface area contributed by atoms with Gasteiger partial charge in [0.15, 0.2) is 0 Å². The Bertz CT molecular complexity index is 785. The highest BCUT2D eigenvalue weighted by molar-refractivity contribution is 6.02. The number of nitrogens with one attached hydrogen (secondary N) is 1. The summed E-state index contributed by atoms with van der Waals surface area (Å²) in [5.74, 6) is 0.609. The topological polar surface area (TPSA) is 90.7 Å². The summed E-state index contributed by atoms with van der Waals surface area (Å²) in [5, 5.41) is 13.4. The first-order valence-electron chi connectivity index (χ1n) is 7.58. The van der Waals surface area contributed by atoms with Crippen molar-refractivity contribution in [3.05, 3.63) is 64.2 Å². The summed E-state index contributed by atoms with van der Waals surface area (Å²) in [6.45, 7) is 2.50. The van der Waals surface area contributed by atoms with Gasteiger partial charge in [-0.1, -0.05) is 12.1 Å². The second-order valence-electron chi connectivity index (χ2n) is 4.97. The highest BCUT2D eigenvalue weighted by atomic mass is 16.6. The van der Waals surface area contributed by atoms with E-state index in [0.717, 1.165) is 11.3 Å². The highest BCUT2D eigenvalue weighted by Gasteiger charge is 2.12. The normalized spacial score (nSPS) is 10.5. The quantitative estimate of drug-likeness (QED) is 0.471. The number of nitrogens with zero attached hydrogens (tertiary/aromatic N) is 1. The molecular formula is C18H18N2O5. The van der Waals surface area contributed by atoms with Crippen molar-refractivity contribution in [1.82, 2.24) is 0 Å². The Labute approximate surface area is 145 Å². The van der Waals surface area contributed by atoms with Crippen molar-refractivity contribution in [1.29, 1.82) is 0 Å². The minimum Gasteiger partial charge on any atom is -0.494 e. The Hall–Kier alpha value is -3.35. The van der Waals surface area contributed by atoms with Crippen molar-refractivity contribution in [2.24, 2.45) is 0 Å². The SMILES string of the molecule is CCOc1ccc(C=CC(=O)Nc2ccc([N+](=O)[O-])cc2OC)cc1. The first-order chi connectivity index (χ1) is 12.0. The van der Waals surface area contributed by atoms with E-state index in [4.69, 9.17) is 9.47 Å². The van der Waals surface area contributed by atoms with Crippen LogP contribution in [0, 0.1) is 10.1 Å². The number of rotatable bonds is 7. The van der Waals surface area contributed by atoms with Gasteiger partial charge >= 0.3 is 0 Å². The summed E-state index contributed by atoms with van der Waals surface area (Å²) >= 11 is 0. The van der Waals surface area contributed by atoms with Crippen LogP contribution in [0.15, 0.2) is 48.5 Å². The second kappa shape index (κ2) is 8.49. The van der Waals surface area contributed by atoms with E-state index < -0.39 is 4.92 Å². The zero-order valence-corrected chi connectivity index (χ0v) is 13.9. The summed E-state index contributed by atoms with van der Waals surface area (Å²) in [6, 6.07) is 11.3. The highest BCUT2D eigenvalue weighted by Crippen LogP contribution is 2.29. The zero-order valence-electron chi connectivity index (χ0n) is 13.9. The smallest absolute Gasteiger partial charge is 0.273 e. The molecule has 2 aromatic rings. The van der Waals surface area contributed by atoms with E-state index in [1.54, 1.807) is 6.08 Å². The molecule has 25 heavy (non-hydrogen) atoms. The Morgan fingerprint density at radius 2 is 1.96 bits per heavy atom. The molecule has 0 fully saturated rings. The van der Waals surface area contributed by atoms with Gasteiger partial charge in [0.25, 0.3) is 5.69 Å². The molecule has 0 spiro atoms. The van der Waals surface area contributed by atoms with Crippen LogP contribution in [0.3, 0.4) is 0 Å². The van der Waals surface area contributed by atoms with Gasteiger partial charge in [0.05, 0.1) is 30.4 Å². The van der Waals surface area contributed by atoms with Crippen molar-refractivity contribution < 1.29 is 19.2 Å². The van der Waals surface area contributed by atoms with Gasteiger partial charge in [0.2, 0.25) is 5.91 Å². The van der Waals surface area contributed by atoms with Crippen LogP contribution < -0.4 is 14.8 Å². The minimum atomic E-state index is -0.528. The Balaban J connectivity index is 2.05. The van der Waals surface area contributed by atoms with Crippen LogP contribution >= 0.6 is 0 Å². The summed E-state index contributed by atoms with van der Waals surface area (Å²) in [4.78, 5) is 22.3. The van der Waals surface area contributed by atoms with E-state index in [9.17, 15) is 14.9 Å². The third kappa shape index (κ3) is 5.07. The Morgan fingerprint density at radius 3 is 2.56 bits per heavy atom. The van der Waals surface area contributed by atoms with Gasteiger partial charge in [0.1, 0.15) is 11.5 Å². The lowest BCUT2D eigenvalue weighted by molar-refractivity contribution is -0.384. The predicted molar refractivity (Wildman–Crippen MR) is 94.9 cm³/mol. The fourth-order valence-electron chi connectivity index (χ4n) is 2.08. The number of nitro benzene ring substituents is 1. The van der Waals surface area contributed by atoms with Crippen LogP contribution in [-0.2, 0) is 4.79 Å². The fraction of sp³-hybridized carbons (Fsp3) is 0.167. The maximum absolute atomic E-state index is 12.0. The lowest BCUT2D eigenvalue weighted by atomic mass is 10.2. The monoisotopic (exact) mass is 342 g/mol. The molecule has 2 aromatic carbocycles. The molecule has 1 N–H and O–H groups in total. The molecule has 130 valence electrons. The van der Waals surface area contributed by atoms with E-state index in [-0.39, 0.29) is 17.3 Å². The number of hydrogen-bond acceptors (Lipinski definition) is 5. The molecule has 0 aromatic heterocycles. The third-order valence-electron chi connectivity index (χ3n) is 3.27. The van der Waals surface area contributed by atoms with Crippen molar-refractivity contribution >= 4 is 23.4 Å². The largest absolute Gasteiger partial charge is 0.494 e. The first-order valence-corrected chi connectivity index (χ1v) is 7.58. The van der Waals surface area contributed by atoms with Gasteiger partial charge in [0, 0.05) is 12.1 Å². The molecule has 7 heteroatoms. The van der Waals surface area contributed by atoms with E-state index in [1.807, 2.05) is 31.2 Å². The van der Waals surface area contributed by atoms with Crippen LogP contribution in [0.1, 0.15) is 12.5 Å². The maximum Gasteiger partial charge on any atom is 0.273 e. The van der Waals surface area contributed by atoms with Gasteiger partial charge in [-0.3, -0.25) is 14.9 Å². The molecule has 0 saturated carbocycles. The third-order valence-corrected chi connectivity index (χ3v) is 3.27. The average molecular weight is 342 g/mol. The maximum atomic E-state index is 12.0. The van der Waals surface area contributed by atoms with Crippen molar-refractivity contribution in [2.45, 2.75) is 6.92 Å². The molecule has 0 aliphatic heterocycles. The number of nitro groups is 1. The molecule has 0 radical (unpaired) electrons. The number of benzene rings is 2. The summed E-state index contributed by atoms with van der Waals surface area (Å²) in [5.41, 5.74) is 1.09.